The number of piperazine rings is 1. The van der Waals surface area contributed by atoms with Crippen LogP contribution in [0.15, 0.2) is 42.7 Å². The van der Waals surface area contributed by atoms with Gasteiger partial charge < -0.3 is 9.64 Å². The quantitative estimate of drug-likeness (QED) is 0.837. The van der Waals surface area contributed by atoms with E-state index in [0.29, 0.717) is 12.6 Å². The molecule has 3 rings (SSSR count). The number of aromatic nitrogens is 2. The fourth-order valence-electron chi connectivity index (χ4n) is 2.73. The van der Waals surface area contributed by atoms with E-state index in [1.165, 1.54) is 5.56 Å². The van der Waals surface area contributed by atoms with Crippen molar-refractivity contribution in [3.8, 4) is 6.01 Å². The molecule has 1 amide bonds. The summed E-state index contributed by atoms with van der Waals surface area (Å²) in [6, 6.07) is 10.6. The molecule has 0 radical (unpaired) electrons. The standard InChI is InChI=1S/C18H22N4O2/c1-15(23)22-11-9-21(10-12-22)13-16-3-5-17(6-4-16)14-24-18-19-7-2-8-20-18/h2-8H,9-14H2,1H3. The Hall–Kier alpha value is -2.47. The van der Waals surface area contributed by atoms with E-state index in [1.807, 2.05) is 4.90 Å². The highest BCUT2D eigenvalue weighted by molar-refractivity contribution is 5.73. The van der Waals surface area contributed by atoms with E-state index < -0.39 is 0 Å². The van der Waals surface area contributed by atoms with E-state index in [0.717, 1.165) is 38.3 Å². The number of ether oxygens (including phenoxy) is 1. The molecule has 1 fully saturated rings. The molecular weight excluding hydrogens is 304 g/mol. The molecule has 2 aromatic rings. The van der Waals surface area contributed by atoms with E-state index in [4.69, 9.17) is 4.74 Å². The maximum absolute atomic E-state index is 11.4. The SMILES string of the molecule is CC(=O)N1CCN(Cc2ccc(COc3ncccn3)cc2)CC1. The zero-order valence-electron chi connectivity index (χ0n) is 13.9. The number of carbonyl (C=O) groups is 1. The summed E-state index contributed by atoms with van der Waals surface area (Å²) in [6.07, 6.45) is 3.33. The van der Waals surface area contributed by atoms with Gasteiger partial charge in [-0.15, -0.1) is 0 Å². The average molecular weight is 326 g/mol. The second kappa shape index (κ2) is 7.88. The van der Waals surface area contributed by atoms with E-state index >= 15 is 0 Å². The van der Waals surface area contributed by atoms with Gasteiger partial charge in [0.25, 0.3) is 0 Å². The minimum absolute atomic E-state index is 0.168. The van der Waals surface area contributed by atoms with E-state index in [-0.39, 0.29) is 5.91 Å². The summed E-state index contributed by atoms with van der Waals surface area (Å²) in [7, 11) is 0. The Morgan fingerprint density at radius 1 is 1.04 bits per heavy atom. The Bertz CT molecular complexity index is 652. The summed E-state index contributed by atoms with van der Waals surface area (Å²) >= 11 is 0. The third-order valence-electron chi connectivity index (χ3n) is 4.16. The molecule has 0 bridgehead atoms. The summed E-state index contributed by atoms with van der Waals surface area (Å²) in [6.45, 7) is 6.50. The van der Waals surface area contributed by atoms with Crippen LogP contribution in [0.5, 0.6) is 6.01 Å². The summed E-state index contributed by atoms with van der Waals surface area (Å²) in [5.41, 5.74) is 2.36. The molecule has 0 saturated carbocycles. The van der Waals surface area contributed by atoms with Crippen LogP contribution in [-0.2, 0) is 17.9 Å². The largest absolute Gasteiger partial charge is 0.459 e. The monoisotopic (exact) mass is 326 g/mol. The van der Waals surface area contributed by atoms with Crippen LogP contribution >= 0.6 is 0 Å². The van der Waals surface area contributed by atoms with Gasteiger partial charge in [-0.1, -0.05) is 24.3 Å². The predicted molar refractivity (Wildman–Crippen MR) is 90.3 cm³/mol. The molecule has 1 aliphatic rings. The Kier molecular flexibility index (Phi) is 5.38. The molecule has 0 aliphatic carbocycles. The van der Waals surface area contributed by atoms with Gasteiger partial charge in [0.15, 0.2) is 0 Å². The van der Waals surface area contributed by atoms with Crippen molar-refractivity contribution in [1.29, 1.82) is 0 Å². The molecule has 0 spiro atoms. The smallest absolute Gasteiger partial charge is 0.316 e. The maximum Gasteiger partial charge on any atom is 0.316 e. The first-order valence-corrected chi connectivity index (χ1v) is 8.16. The van der Waals surface area contributed by atoms with Crippen LogP contribution in [0.2, 0.25) is 0 Å². The fourth-order valence-corrected chi connectivity index (χ4v) is 2.73. The second-order valence-corrected chi connectivity index (χ2v) is 5.92. The number of hydrogen-bond donors (Lipinski definition) is 0. The first-order chi connectivity index (χ1) is 11.7. The highest BCUT2D eigenvalue weighted by atomic mass is 16.5. The summed E-state index contributed by atoms with van der Waals surface area (Å²) in [4.78, 5) is 23.7. The summed E-state index contributed by atoms with van der Waals surface area (Å²) in [5.74, 6) is 0.168. The summed E-state index contributed by atoms with van der Waals surface area (Å²) < 4.78 is 5.55. The molecule has 6 heteroatoms. The second-order valence-electron chi connectivity index (χ2n) is 5.92. The number of nitrogens with zero attached hydrogens (tertiary/aromatic N) is 4. The van der Waals surface area contributed by atoms with Gasteiger partial charge >= 0.3 is 6.01 Å². The molecule has 1 aliphatic heterocycles. The van der Waals surface area contributed by atoms with E-state index in [1.54, 1.807) is 25.4 Å². The van der Waals surface area contributed by atoms with Crippen LogP contribution < -0.4 is 4.74 Å². The van der Waals surface area contributed by atoms with E-state index in [2.05, 4.69) is 39.1 Å². The van der Waals surface area contributed by atoms with Crippen molar-refractivity contribution in [2.45, 2.75) is 20.1 Å². The molecule has 0 unspecified atom stereocenters. The van der Waals surface area contributed by atoms with Crippen molar-refractivity contribution >= 4 is 5.91 Å². The van der Waals surface area contributed by atoms with Gasteiger partial charge in [-0.2, -0.15) is 0 Å². The van der Waals surface area contributed by atoms with Crippen LogP contribution in [0.1, 0.15) is 18.1 Å². The molecule has 0 N–H and O–H groups in total. The lowest BCUT2D eigenvalue weighted by molar-refractivity contribution is -0.130. The highest BCUT2D eigenvalue weighted by Crippen LogP contribution is 2.11. The van der Waals surface area contributed by atoms with Crippen molar-refractivity contribution < 1.29 is 9.53 Å². The molecule has 126 valence electrons. The van der Waals surface area contributed by atoms with Gasteiger partial charge in [0.1, 0.15) is 6.61 Å². The zero-order valence-corrected chi connectivity index (χ0v) is 13.9. The fraction of sp³-hybridized carbons (Fsp3) is 0.389. The molecule has 0 atom stereocenters. The van der Waals surface area contributed by atoms with Crippen molar-refractivity contribution in [2.75, 3.05) is 26.2 Å². The number of carbonyl (C=O) groups excluding carboxylic acids is 1. The molecule has 2 heterocycles. The maximum atomic E-state index is 11.4. The van der Waals surface area contributed by atoms with Crippen LogP contribution in [0.4, 0.5) is 0 Å². The van der Waals surface area contributed by atoms with Crippen molar-refractivity contribution in [1.82, 2.24) is 19.8 Å². The third-order valence-corrected chi connectivity index (χ3v) is 4.16. The first kappa shape index (κ1) is 16.4. The first-order valence-electron chi connectivity index (χ1n) is 8.16. The molecule has 6 nitrogen and oxygen atoms in total. The van der Waals surface area contributed by atoms with Crippen LogP contribution in [-0.4, -0.2) is 51.9 Å². The summed E-state index contributed by atoms with van der Waals surface area (Å²) in [5, 5.41) is 0. The minimum Gasteiger partial charge on any atom is -0.459 e. The Balaban J connectivity index is 1.47. The third kappa shape index (κ3) is 4.52. The lowest BCUT2D eigenvalue weighted by Gasteiger charge is -2.34. The van der Waals surface area contributed by atoms with Gasteiger partial charge in [-0.3, -0.25) is 9.69 Å². The Morgan fingerprint density at radius 2 is 1.67 bits per heavy atom. The van der Waals surface area contributed by atoms with Crippen molar-refractivity contribution in [2.24, 2.45) is 0 Å². The molecular formula is C18H22N4O2. The minimum atomic E-state index is 0.168. The van der Waals surface area contributed by atoms with Crippen LogP contribution in [0, 0.1) is 0 Å². The highest BCUT2D eigenvalue weighted by Gasteiger charge is 2.18. The van der Waals surface area contributed by atoms with Gasteiger partial charge in [-0.05, 0) is 17.2 Å². The van der Waals surface area contributed by atoms with Crippen molar-refractivity contribution in [3.05, 3.63) is 53.9 Å². The molecule has 24 heavy (non-hydrogen) atoms. The Labute approximate surface area is 142 Å². The zero-order chi connectivity index (χ0) is 16.8. The van der Waals surface area contributed by atoms with Gasteiger partial charge in [0.2, 0.25) is 5.91 Å². The van der Waals surface area contributed by atoms with Crippen molar-refractivity contribution in [3.63, 3.8) is 0 Å². The lowest BCUT2D eigenvalue weighted by Crippen LogP contribution is -2.47. The van der Waals surface area contributed by atoms with Gasteiger partial charge in [0.05, 0.1) is 0 Å². The van der Waals surface area contributed by atoms with Crippen LogP contribution in [0.25, 0.3) is 0 Å². The molecule has 1 aromatic carbocycles. The number of rotatable bonds is 5. The Morgan fingerprint density at radius 3 is 2.29 bits per heavy atom. The van der Waals surface area contributed by atoms with E-state index in [9.17, 15) is 4.79 Å². The normalized spacial score (nSPS) is 15.3. The van der Waals surface area contributed by atoms with Crippen LogP contribution in [0.3, 0.4) is 0 Å². The van der Waals surface area contributed by atoms with Gasteiger partial charge in [-0.25, -0.2) is 9.97 Å². The number of amides is 1. The van der Waals surface area contributed by atoms with Gasteiger partial charge in [0, 0.05) is 52.0 Å². The predicted octanol–water partition coefficient (Wildman–Crippen LogP) is 1.72. The average Bonchev–Trinajstić information content (AvgIpc) is 2.62. The lowest BCUT2D eigenvalue weighted by atomic mass is 10.1. The molecule has 1 aromatic heterocycles. The number of hydrogen-bond acceptors (Lipinski definition) is 5. The number of benzene rings is 1. The topological polar surface area (TPSA) is 58.6 Å². The molecule has 1 saturated heterocycles.